The fraction of sp³-hybridized carbons (Fsp3) is 0.833. The molecule has 19 heavy (non-hydrogen) atoms. The van der Waals surface area contributed by atoms with Gasteiger partial charge >= 0.3 is 6.01 Å². The van der Waals surface area contributed by atoms with E-state index in [2.05, 4.69) is 29.4 Å². The third-order valence-corrected chi connectivity index (χ3v) is 2.52. The minimum Gasteiger partial charge on any atom is -0.407 e. The summed E-state index contributed by atoms with van der Waals surface area (Å²) in [5, 5.41) is 11.3. The van der Waals surface area contributed by atoms with Crippen LogP contribution in [0, 0.1) is 0 Å². The summed E-state index contributed by atoms with van der Waals surface area (Å²) in [6.45, 7) is 7.31. The first-order valence-electron chi connectivity index (χ1n) is 6.46. The minimum absolute atomic E-state index is 0.383. The molecule has 110 valence electrons. The molecule has 0 aliphatic rings. The largest absolute Gasteiger partial charge is 0.407 e. The Balaban J connectivity index is 2.56. The second-order valence-corrected chi connectivity index (χ2v) is 4.49. The molecule has 0 atom stereocenters. The number of rotatable bonds is 10. The van der Waals surface area contributed by atoms with Gasteiger partial charge in [-0.05, 0) is 0 Å². The molecule has 7 heteroatoms. The van der Waals surface area contributed by atoms with Crippen LogP contribution in [-0.2, 0) is 16.0 Å². The summed E-state index contributed by atoms with van der Waals surface area (Å²) < 4.78 is 15.8. The molecule has 0 aliphatic carbocycles. The van der Waals surface area contributed by atoms with Crippen molar-refractivity contribution >= 4 is 6.01 Å². The highest BCUT2D eigenvalue weighted by Gasteiger charge is 2.14. The fourth-order valence-corrected chi connectivity index (χ4v) is 1.44. The second-order valence-electron chi connectivity index (χ2n) is 4.49. The van der Waals surface area contributed by atoms with Crippen molar-refractivity contribution < 1.29 is 13.9 Å². The SMILES string of the molecule is COCCN(CCOC)c1nnc(CNC(C)C)o1. The van der Waals surface area contributed by atoms with Gasteiger partial charge in [-0.2, -0.15) is 0 Å². The van der Waals surface area contributed by atoms with Gasteiger partial charge < -0.3 is 24.1 Å². The normalized spacial score (nSPS) is 11.2. The lowest BCUT2D eigenvalue weighted by Gasteiger charge is -2.18. The highest BCUT2D eigenvalue weighted by Crippen LogP contribution is 2.11. The Morgan fingerprint density at radius 1 is 1.16 bits per heavy atom. The first-order chi connectivity index (χ1) is 9.17. The molecule has 0 aliphatic heterocycles. The maximum Gasteiger partial charge on any atom is 0.318 e. The highest BCUT2D eigenvalue weighted by atomic mass is 16.5. The number of hydrogen-bond donors (Lipinski definition) is 1. The molecule has 1 aromatic rings. The van der Waals surface area contributed by atoms with Crippen molar-refractivity contribution in [1.82, 2.24) is 15.5 Å². The number of nitrogens with zero attached hydrogens (tertiary/aromatic N) is 3. The first kappa shape index (κ1) is 15.9. The van der Waals surface area contributed by atoms with Crippen LogP contribution in [0.3, 0.4) is 0 Å². The molecule has 1 N–H and O–H groups in total. The maximum atomic E-state index is 5.62. The van der Waals surface area contributed by atoms with Crippen molar-refractivity contribution in [1.29, 1.82) is 0 Å². The monoisotopic (exact) mass is 272 g/mol. The Bertz CT molecular complexity index is 335. The van der Waals surface area contributed by atoms with E-state index in [0.29, 0.717) is 50.8 Å². The second kappa shape index (κ2) is 8.84. The maximum absolute atomic E-state index is 5.62. The lowest BCUT2D eigenvalue weighted by molar-refractivity contribution is 0.188. The molecule has 0 radical (unpaired) electrons. The van der Waals surface area contributed by atoms with Crippen LogP contribution in [0.2, 0.25) is 0 Å². The van der Waals surface area contributed by atoms with Gasteiger partial charge in [0.05, 0.1) is 19.8 Å². The number of ether oxygens (including phenoxy) is 2. The molecule has 1 aromatic heterocycles. The van der Waals surface area contributed by atoms with E-state index in [4.69, 9.17) is 13.9 Å². The third-order valence-electron chi connectivity index (χ3n) is 2.52. The number of aromatic nitrogens is 2. The molecule has 0 aromatic carbocycles. The number of hydrogen-bond acceptors (Lipinski definition) is 7. The van der Waals surface area contributed by atoms with Crippen molar-refractivity contribution in [3.63, 3.8) is 0 Å². The van der Waals surface area contributed by atoms with Gasteiger partial charge in [0.15, 0.2) is 0 Å². The molecule has 1 rings (SSSR count). The number of anilines is 1. The van der Waals surface area contributed by atoms with Gasteiger partial charge in [-0.1, -0.05) is 18.9 Å². The average Bonchev–Trinajstić information content (AvgIpc) is 2.85. The Morgan fingerprint density at radius 2 is 1.79 bits per heavy atom. The summed E-state index contributed by atoms with van der Waals surface area (Å²) >= 11 is 0. The molecule has 0 unspecified atom stereocenters. The van der Waals surface area contributed by atoms with E-state index in [1.165, 1.54) is 0 Å². The topological polar surface area (TPSA) is 72.7 Å². The van der Waals surface area contributed by atoms with E-state index in [1.807, 2.05) is 4.90 Å². The van der Waals surface area contributed by atoms with Gasteiger partial charge in [0, 0.05) is 33.4 Å². The fourth-order valence-electron chi connectivity index (χ4n) is 1.44. The van der Waals surface area contributed by atoms with E-state index in [-0.39, 0.29) is 0 Å². The first-order valence-corrected chi connectivity index (χ1v) is 6.46. The lowest BCUT2D eigenvalue weighted by atomic mass is 10.4. The van der Waals surface area contributed by atoms with Gasteiger partial charge in [-0.25, -0.2) is 0 Å². The molecule has 0 spiro atoms. The molecular weight excluding hydrogens is 248 g/mol. The number of methoxy groups -OCH3 is 2. The predicted molar refractivity (Wildman–Crippen MR) is 72.2 cm³/mol. The van der Waals surface area contributed by atoms with Crippen LogP contribution in [0.15, 0.2) is 4.42 Å². The lowest BCUT2D eigenvalue weighted by Crippen LogP contribution is -2.30. The Morgan fingerprint density at radius 3 is 2.32 bits per heavy atom. The van der Waals surface area contributed by atoms with E-state index in [0.717, 1.165) is 0 Å². The summed E-state index contributed by atoms with van der Waals surface area (Å²) in [7, 11) is 3.33. The molecule has 7 nitrogen and oxygen atoms in total. The highest BCUT2D eigenvalue weighted by molar-refractivity contribution is 5.23. The van der Waals surface area contributed by atoms with Crippen LogP contribution in [-0.4, -0.2) is 56.8 Å². The van der Waals surface area contributed by atoms with E-state index < -0.39 is 0 Å². The zero-order valence-electron chi connectivity index (χ0n) is 12.2. The van der Waals surface area contributed by atoms with Crippen molar-refractivity contribution in [3.05, 3.63) is 5.89 Å². The van der Waals surface area contributed by atoms with E-state index in [1.54, 1.807) is 14.2 Å². The van der Waals surface area contributed by atoms with Crippen molar-refractivity contribution in [2.24, 2.45) is 0 Å². The van der Waals surface area contributed by atoms with E-state index >= 15 is 0 Å². The Hall–Kier alpha value is -1.18. The van der Waals surface area contributed by atoms with Crippen molar-refractivity contribution in [2.45, 2.75) is 26.4 Å². The summed E-state index contributed by atoms with van der Waals surface area (Å²) in [5.74, 6) is 0.587. The molecular formula is C12H24N4O3. The third kappa shape index (κ3) is 6.00. The van der Waals surface area contributed by atoms with Crippen molar-refractivity contribution in [2.75, 3.05) is 45.4 Å². The molecule has 0 bridgehead atoms. The van der Waals surface area contributed by atoms with E-state index in [9.17, 15) is 0 Å². The molecule has 0 amide bonds. The molecule has 0 fully saturated rings. The Labute approximate surface area is 114 Å². The van der Waals surface area contributed by atoms with Crippen LogP contribution in [0.1, 0.15) is 19.7 Å². The number of nitrogens with one attached hydrogen (secondary N) is 1. The smallest absolute Gasteiger partial charge is 0.318 e. The molecule has 0 saturated heterocycles. The van der Waals surface area contributed by atoms with Gasteiger partial charge in [0.2, 0.25) is 5.89 Å². The predicted octanol–water partition coefficient (Wildman–Crippen LogP) is 0.667. The van der Waals surface area contributed by atoms with Crippen LogP contribution in [0.25, 0.3) is 0 Å². The zero-order valence-corrected chi connectivity index (χ0v) is 12.2. The van der Waals surface area contributed by atoms with Gasteiger partial charge in [-0.15, -0.1) is 5.10 Å². The average molecular weight is 272 g/mol. The summed E-state index contributed by atoms with van der Waals surface area (Å²) in [6, 6.07) is 0.892. The van der Waals surface area contributed by atoms with Crippen LogP contribution < -0.4 is 10.2 Å². The van der Waals surface area contributed by atoms with Crippen molar-refractivity contribution in [3.8, 4) is 0 Å². The molecule has 0 saturated carbocycles. The van der Waals surface area contributed by atoms with Gasteiger partial charge in [-0.3, -0.25) is 0 Å². The summed E-state index contributed by atoms with van der Waals surface area (Å²) in [4.78, 5) is 1.96. The van der Waals surface area contributed by atoms with Crippen LogP contribution >= 0.6 is 0 Å². The van der Waals surface area contributed by atoms with Gasteiger partial charge in [0.25, 0.3) is 0 Å². The van der Waals surface area contributed by atoms with Crippen LogP contribution in [0.5, 0.6) is 0 Å². The summed E-state index contributed by atoms with van der Waals surface area (Å²) in [5.41, 5.74) is 0. The standard InChI is InChI=1S/C12H24N4O3/c1-10(2)13-9-11-14-15-12(19-11)16(5-7-17-3)6-8-18-4/h10,13H,5-9H2,1-4H3. The van der Waals surface area contributed by atoms with Crippen LogP contribution in [0.4, 0.5) is 6.01 Å². The van der Waals surface area contributed by atoms with Gasteiger partial charge in [0.1, 0.15) is 0 Å². The zero-order chi connectivity index (χ0) is 14.1. The quantitative estimate of drug-likeness (QED) is 0.671. The minimum atomic E-state index is 0.383. The Kier molecular flexibility index (Phi) is 7.39. The summed E-state index contributed by atoms with van der Waals surface area (Å²) in [6.07, 6.45) is 0. The molecule has 1 heterocycles.